The molecule has 0 bridgehead atoms. The van der Waals surface area contributed by atoms with Crippen molar-refractivity contribution in [3.8, 4) is 11.4 Å². The third-order valence-corrected chi connectivity index (χ3v) is 5.10. The molecule has 0 fully saturated rings. The average Bonchev–Trinajstić information content (AvgIpc) is 3.11. The number of benzene rings is 2. The van der Waals surface area contributed by atoms with Crippen molar-refractivity contribution in [3.63, 3.8) is 0 Å². The summed E-state index contributed by atoms with van der Waals surface area (Å²) in [4.78, 5) is 4.50. The molecule has 1 aromatic heterocycles. The van der Waals surface area contributed by atoms with Gasteiger partial charge in [-0.25, -0.2) is 0 Å². The number of hydrogen-bond donors (Lipinski definition) is 1. The molecule has 0 radical (unpaired) electrons. The van der Waals surface area contributed by atoms with Gasteiger partial charge in [0.25, 0.3) is 0 Å². The molecular weight excluding hydrogens is 370 g/mol. The minimum absolute atomic E-state index is 0.154. The minimum atomic E-state index is 0.154. The van der Waals surface area contributed by atoms with Gasteiger partial charge in [-0.1, -0.05) is 75.6 Å². The first-order valence-corrected chi connectivity index (χ1v) is 10.0. The fraction of sp³-hybridized carbons (Fsp3) is 0.391. The summed E-state index contributed by atoms with van der Waals surface area (Å²) in [6, 6.07) is 16.5. The number of rotatable bonds is 6. The molecule has 148 valence electrons. The van der Waals surface area contributed by atoms with Crippen LogP contribution in [0.3, 0.4) is 0 Å². The van der Waals surface area contributed by atoms with E-state index in [2.05, 4.69) is 74.3 Å². The van der Waals surface area contributed by atoms with Crippen molar-refractivity contribution in [2.24, 2.45) is 5.92 Å². The zero-order chi connectivity index (χ0) is 20.3. The summed E-state index contributed by atoms with van der Waals surface area (Å²) in [5, 5.41) is 8.33. The zero-order valence-electron chi connectivity index (χ0n) is 17.2. The largest absolute Gasteiger partial charge is 0.338 e. The highest BCUT2D eigenvalue weighted by molar-refractivity contribution is 6.30. The summed E-state index contributed by atoms with van der Waals surface area (Å²) < 4.78 is 5.42. The summed E-state index contributed by atoms with van der Waals surface area (Å²) in [7, 11) is 0. The summed E-state index contributed by atoms with van der Waals surface area (Å²) in [5.74, 6) is 1.57. The number of halogens is 1. The topological polar surface area (TPSA) is 51.0 Å². The Hall–Kier alpha value is -2.17. The fourth-order valence-electron chi connectivity index (χ4n) is 3.17. The van der Waals surface area contributed by atoms with E-state index in [-0.39, 0.29) is 11.5 Å². The van der Waals surface area contributed by atoms with E-state index in [1.165, 1.54) is 11.1 Å². The molecule has 1 N–H and O–H groups in total. The van der Waals surface area contributed by atoms with Crippen LogP contribution in [0, 0.1) is 5.92 Å². The quantitative estimate of drug-likeness (QED) is 0.540. The minimum Gasteiger partial charge on any atom is -0.338 e. The second-order valence-electron chi connectivity index (χ2n) is 8.49. The molecule has 1 heterocycles. The maximum absolute atomic E-state index is 5.94. The molecule has 0 aliphatic rings. The van der Waals surface area contributed by atoms with Crippen LogP contribution in [0.15, 0.2) is 53.1 Å². The van der Waals surface area contributed by atoms with Crippen molar-refractivity contribution in [1.29, 1.82) is 0 Å². The highest BCUT2D eigenvalue weighted by atomic mass is 35.5. The summed E-state index contributed by atoms with van der Waals surface area (Å²) >= 11 is 5.94. The average molecular weight is 398 g/mol. The van der Waals surface area contributed by atoms with Gasteiger partial charge in [0.15, 0.2) is 0 Å². The zero-order valence-corrected chi connectivity index (χ0v) is 17.9. The highest BCUT2D eigenvalue weighted by Gasteiger charge is 2.19. The molecule has 0 saturated carbocycles. The lowest BCUT2D eigenvalue weighted by molar-refractivity contribution is 0.337. The Balaban J connectivity index is 1.69. The van der Waals surface area contributed by atoms with Gasteiger partial charge in [0, 0.05) is 16.6 Å². The molecular formula is C23H28ClN3O. The predicted molar refractivity (Wildman–Crippen MR) is 114 cm³/mol. The monoisotopic (exact) mass is 397 g/mol. The summed E-state index contributed by atoms with van der Waals surface area (Å²) in [6.45, 7) is 11.6. The van der Waals surface area contributed by atoms with E-state index in [0.717, 1.165) is 5.56 Å². The van der Waals surface area contributed by atoms with E-state index in [4.69, 9.17) is 16.1 Å². The second kappa shape index (κ2) is 8.46. The number of aromatic nitrogens is 2. The first-order chi connectivity index (χ1) is 13.2. The molecule has 0 spiro atoms. The van der Waals surface area contributed by atoms with Gasteiger partial charge in [0.2, 0.25) is 11.7 Å². The van der Waals surface area contributed by atoms with Gasteiger partial charge in [0.1, 0.15) is 0 Å². The van der Waals surface area contributed by atoms with Gasteiger partial charge < -0.3 is 9.84 Å². The molecule has 3 aromatic rings. The van der Waals surface area contributed by atoms with E-state index in [1.807, 2.05) is 24.3 Å². The van der Waals surface area contributed by atoms with Crippen molar-refractivity contribution in [2.75, 3.05) is 0 Å². The van der Waals surface area contributed by atoms with E-state index < -0.39 is 0 Å². The predicted octanol–water partition coefficient (Wildman–Crippen LogP) is 6.17. The maximum Gasteiger partial charge on any atom is 0.240 e. The summed E-state index contributed by atoms with van der Waals surface area (Å²) in [5.41, 5.74) is 3.64. The van der Waals surface area contributed by atoms with E-state index in [1.54, 1.807) is 0 Å². The SMILES string of the molecule is CC(C)C(NCc1nc(-c2ccc(Cl)cc2)no1)c1ccc(C(C)(C)C)cc1. The molecule has 2 aromatic carbocycles. The van der Waals surface area contributed by atoms with Crippen LogP contribution in [0.25, 0.3) is 11.4 Å². The van der Waals surface area contributed by atoms with Gasteiger partial charge in [-0.3, -0.25) is 0 Å². The molecule has 0 amide bonds. The fourth-order valence-corrected chi connectivity index (χ4v) is 3.30. The molecule has 5 heteroatoms. The number of nitrogens with one attached hydrogen (secondary N) is 1. The van der Waals surface area contributed by atoms with Gasteiger partial charge in [-0.2, -0.15) is 4.98 Å². The van der Waals surface area contributed by atoms with Gasteiger partial charge >= 0.3 is 0 Å². The smallest absolute Gasteiger partial charge is 0.240 e. The van der Waals surface area contributed by atoms with E-state index >= 15 is 0 Å². The Kier molecular flexibility index (Phi) is 6.21. The second-order valence-corrected chi connectivity index (χ2v) is 8.93. The summed E-state index contributed by atoms with van der Waals surface area (Å²) in [6.07, 6.45) is 0. The number of hydrogen-bond acceptors (Lipinski definition) is 4. The third kappa shape index (κ3) is 5.00. The number of nitrogens with zero attached hydrogens (tertiary/aromatic N) is 2. The van der Waals surface area contributed by atoms with Crippen molar-refractivity contribution in [2.45, 2.75) is 52.6 Å². The normalized spacial score (nSPS) is 13.1. The molecule has 0 aliphatic heterocycles. The molecule has 1 unspecified atom stereocenters. The van der Waals surface area contributed by atoms with Crippen LogP contribution in [-0.2, 0) is 12.0 Å². The van der Waals surface area contributed by atoms with Crippen LogP contribution in [0.1, 0.15) is 57.7 Å². The molecule has 28 heavy (non-hydrogen) atoms. The van der Waals surface area contributed by atoms with Gasteiger partial charge in [-0.15, -0.1) is 0 Å². The molecule has 1 atom stereocenters. The van der Waals surface area contributed by atoms with Crippen LogP contribution < -0.4 is 5.32 Å². The van der Waals surface area contributed by atoms with E-state index in [9.17, 15) is 0 Å². The van der Waals surface area contributed by atoms with Crippen LogP contribution in [0.5, 0.6) is 0 Å². The first kappa shape index (κ1) is 20.6. The van der Waals surface area contributed by atoms with Crippen molar-refractivity contribution in [1.82, 2.24) is 15.5 Å². The standard InChI is InChI=1S/C23H28ClN3O/c1-15(2)21(16-6-10-18(11-7-16)23(3,4)5)25-14-20-26-22(27-28-20)17-8-12-19(24)13-9-17/h6-13,15,21,25H,14H2,1-5H3. The lowest BCUT2D eigenvalue weighted by Crippen LogP contribution is -2.25. The Bertz CT molecular complexity index is 893. The highest BCUT2D eigenvalue weighted by Crippen LogP contribution is 2.27. The van der Waals surface area contributed by atoms with Crippen LogP contribution in [0.4, 0.5) is 0 Å². The van der Waals surface area contributed by atoms with Crippen LogP contribution in [0.2, 0.25) is 5.02 Å². The van der Waals surface area contributed by atoms with Gasteiger partial charge in [-0.05, 0) is 46.7 Å². The first-order valence-electron chi connectivity index (χ1n) is 9.66. The molecule has 3 rings (SSSR count). The molecule has 4 nitrogen and oxygen atoms in total. The Morgan fingerprint density at radius 1 is 1.00 bits per heavy atom. The van der Waals surface area contributed by atoms with Crippen LogP contribution in [-0.4, -0.2) is 10.1 Å². The lowest BCUT2D eigenvalue weighted by atomic mass is 9.85. The lowest BCUT2D eigenvalue weighted by Gasteiger charge is -2.24. The van der Waals surface area contributed by atoms with Crippen LogP contribution >= 0.6 is 11.6 Å². The Morgan fingerprint density at radius 3 is 2.21 bits per heavy atom. The Labute approximate surface area is 172 Å². The third-order valence-electron chi connectivity index (χ3n) is 4.85. The Morgan fingerprint density at radius 2 is 1.64 bits per heavy atom. The molecule has 0 saturated heterocycles. The van der Waals surface area contributed by atoms with Crippen molar-refractivity contribution < 1.29 is 4.52 Å². The molecule has 0 aliphatic carbocycles. The van der Waals surface area contributed by atoms with Crippen molar-refractivity contribution in [3.05, 3.63) is 70.6 Å². The maximum atomic E-state index is 5.94. The van der Waals surface area contributed by atoms with Crippen molar-refractivity contribution >= 4 is 11.6 Å². The van der Waals surface area contributed by atoms with E-state index in [0.29, 0.717) is 29.2 Å². The van der Waals surface area contributed by atoms with Gasteiger partial charge in [0.05, 0.1) is 6.54 Å².